The van der Waals surface area contributed by atoms with E-state index >= 15 is 0 Å². The first-order valence-corrected chi connectivity index (χ1v) is 8.66. The second kappa shape index (κ2) is 7.21. The van der Waals surface area contributed by atoms with Crippen molar-refractivity contribution in [2.45, 2.75) is 18.9 Å². The van der Waals surface area contributed by atoms with Gasteiger partial charge in [-0.05, 0) is 38.1 Å². The van der Waals surface area contributed by atoms with Crippen LogP contribution < -0.4 is 10.2 Å². The predicted molar refractivity (Wildman–Crippen MR) is 94.3 cm³/mol. The van der Waals surface area contributed by atoms with Gasteiger partial charge in [0.25, 0.3) is 5.91 Å². The van der Waals surface area contributed by atoms with E-state index < -0.39 is 0 Å². The number of carbonyl (C=O) groups excluding carboxylic acids is 2. The summed E-state index contributed by atoms with van der Waals surface area (Å²) in [5.74, 6) is -0.0288. The molecule has 130 valence electrons. The molecule has 3 rings (SSSR count). The summed E-state index contributed by atoms with van der Waals surface area (Å²) in [6.07, 6.45) is 2.43. The molecule has 6 heteroatoms. The van der Waals surface area contributed by atoms with E-state index in [9.17, 15) is 9.59 Å². The Bertz CT molecular complexity index is 613. The van der Waals surface area contributed by atoms with Gasteiger partial charge in [0, 0.05) is 51.0 Å². The minimum atomic E-state index is -0.283. The molecule has 1 aromatic rings. The van der Waals surface area contributed by atoms with Crippen molar-refractivity contribution in [2.24, 2.45) is 0 Å². The molecule has 0 saturated carbocycles. The van der Waals surface area contributed by atoms with E-state index in [2.05, 4.69) is 16.3 Å². The zero-order valence-electron chi connectivity index (χ0n) is 14.5. The second-order valence-corrected chi connectivity index (χ2v) is 6.61. The van der Waals surface area contributed by atoms with E-state index in [1.807, 2.05) is 30.1 Å². The summed E-state index contributed by atoms with van der Waals surface area (Å²) in [6, 6.07) is 7.59. The van der Waals surface area contributed by atoms with E-state index in [1.165, 1.54) is 12.8 Å². The molecular weight excluding hydrogens is 304 g/mol. The van der Waals surface area contributed by atoms with Gasteiger partial charge in [-0.3, -0.25) is 14.5 Å². The van der Waals surface area contributed by atoms with Crippen LogP contribution in [-0.4, -0.2) is 74.5 Å². The molecule has 0 bridgehead atoms. The fourth-order valence-electron chi connectivity index (χ4n) is 3.50. The maximum Gasteiger partial charge on any atom is 0.254 e. The SMILES string of the molecule is CNC(=O)C1CN(C(=O)c2cccc(N3CCCC3)c2)CCN1C. The number of piperazine rings is 1. The van der Waals surface area contributed by atoms with E-state index in [0.717, 1.165) is 18.8 Å². The molecule has 6 nitrogen and oxygen atoms in total. The molecule has 2 fully saturated rings. The molecule has 2 aliphatic rings. The Balaban J connectivity index is 1.74. The molecule has 2 heterocycles. The topological polar surface area (TPSA) is 55.9 Å². The Morgan fingerprint density at radius 1 is 1.12 bits per heavy atom. The molecule has 1 N–H and O–H groups in total. The normalized spacial score (nSPS) is 21.8. The number of likely N-dealkylation sites (N-methyl/N-ethyl adjacent to an activating group) is 2. The van der Waals surface area contributed by atoms with Crippen molar-refractivity contribution in [1.29, 1.82) is 0 Å². The third kappa shape index (κ3) is 3.38. The zero-order valence-corrected chi connectivity index (χ0v) is 14.5. The lowest BCUT2D eigenvalue weighted by atomic mass is 10.1. The van der Waals surface area contributed by atoms with Gasteiger partial charge in [-0.25, -0.2) is 0 Å². The Morgan fingerprint density at radius 2 is 1.88 bits per heavy atom. The van der Waals surface area contributed by atoms with Crippen LogP contribution in [0, 0.1) is 0 Å². The van der Waals surface area contributed by atoms with Gasteiger partial charge in [0.2, 0.25) is 5.91 Å². The smallest absolute Gasteiger partial charge is 0.254 e. The molecule has 2 amide bonds. The standard InChI is InChI=1S/C18H26N4O2/c1-19-17(23)16-13-22(11-10-20(16)2)18(24)14-6-5-7-15(12-14)21-8-3-4-9-21/h5-7,12,16H,3-4,8-11,13H2,1-2H3,(H,19,23). The highest BCUT2D eigenvalue weighted by Gasteiger charge is 2.32. The van der Waals surface area contributed by atoms with Crippen LogP contribution in [0.1, 0.15) is 23.2 Å². The third-order valence-corrected chi connectivity index (χ3v) is 5.05. The fraction of sp³-hybridized carbons (Fsp3) is 0.556. The predicted octanol–water partition coefficient (Wildman–Crippen LogP) is 0.789. The van der Waals surface area contributed by atoms with Crippen molar-refractivity contribution in [1.82, 2.24) is 15.1 Å². The zero-order chi connectivity index (χ0) is 17.1. The summed E-state index contributed by atoms with van der Waals surface area (Å²) < 4.78 is 0. The van der Waals surface area contributed by atoms with Crippen LogP contribution in [0.15, 0.2) is 24.3 Å². The van der Waals surface area contributed by atoms with E-state index in [4.69, 9.17) is 0 Å². The number of hydrogen-bond acceptors (Lipinski definition) is 4. The molecule has 2 saturated heterocycles. The van der Waals surface area contributed by atoms with Crippen molar-refractivity contribution in [3.05, 3.63) is 29.8 Å². The number of carbonyl (C=O) groups is 2. The highest BCUT2D eigenvalue weighted by atomic mass is 16.2. The lowest BCUT2D eigenvalue weighted by molar-refractivity contribution is -0.127. The molecule has 1 aromatic carbocycles. The van der Waals surface area contributed by atoms with E-state index in [-0.39, 0.29) is 17.9 Å². The molecule has 0 spiro atoms. The van der Waals surface area contributed by atoms with Gasteiger partial charge in [-0.1, -0.05) is 6.07 Å². The van der Waals surface area contributed by atoms with E-state index in [1.54, 1.807) is 11.9 Å². The van der Waals surface area contributed by atoms with Crippen LogP contribution >= 0.6 is 0 Å². The fourth-order valence-corrected chi connectivity index (χ4v) is 3.50. The number of hydrogen-bond donors (Lipinski definition) is 1. The summed E-state index contributed by atoms with van der Waals surface area (Å²) in [5.41, 5.74) is 1.83. The first kappa shape index (κ1) is 16.8. The lowest BCUT2D eigenvalue weighted by Gasteiger charge is -2.38. The lowest BCUT2D eigenvalue weighted by Crippen LogP contribution is -2.58. The summed E-state index contributed by atoms with van der Waals surface area (Å²) in [5, 5.41) is 2.69. The Labute approximate surface area is 143 Å². The number of benzene rings is 1. The number of nitrogens with one attached hydrogen (secondary N) is 1. The van der Waals surface area contributed by atoms with Gasteiger partial charge >= 0.3 is 0 Å². The maximum absolute atomic E-state index is 12.9. The molecule has 0 aliphatic carbocycles. The van der Waals surface area contributed by atoms with Crippen LogP contribution in [0.5, 0.6) is 0 Å². The quantitative estimate of drug-likeness (QED) is 0.890. The molecule has 0 radical (unpaired) electrons. The van der Waals surface area contributed by atoms with Crippen LogP contribution in [0.25, 0.3) is 0 Å². The van der Waals surface area contributed by atoms with Crippen LogP contribution in [0.4, 0.5) is 5.69 Å². The van der Waals surface area contributed by atoms with Crippen molar-refractivity contribution in [3.8, 4) is 0 Å². The number of rotatable bonds is 3. The summed E-state index contributed by atoms with van der Waals surface area (Å²) >= 11 is 0. The number of amides is 2. The highest BCUT2D eigenvalue weighted by Crippen LogP contribution is 2.22. The first-order valence-electron chi connectivity index (χ1n) is 8.66. The van der Waals surface area contributed by atoms with Gasteiger partial charge in [-0.2, -0.15) is 0 Å². The summed E-state index contributed by atoms with van der Waals surface area (Å²) in [4.78, 5) is 31.0. The van der Waals surface area contributed by atoms with Crippen molar-refractivity contribution in [3.63, 3.8) is 0 Å². The van der Waals surface area contributed by atoms with Crippen molar-refractivity contribution < 1.29 is 9.59 Å². The molecular formula is C18H26N4O2. The van der Waals surface area contributed by atoms with E-state index in [0.29, 0.717) is 25.2 Å². The van der Waals surface area contributed by atoms with Gasteiger partial charge < -0.3 is 15.1 Å². The Kier molecular flexibility index (Phi) is 5.04. The first-order chi connectivity index (χ1) is 11.6. The number of anilines is 1. The molecule has 1 atom stereocenters. The van der Waals surface area contributed by atoms with Gasteiger partial charge in [0.15, 0.2) is 0 Å². The van der Waals surface area contributed by atoms with Crippen molar-refractivity contribution >= 4 is 17.5 Å². The van der Waals surface area contributed by atoms with Gasteiger partial charge in [0.05, 0.1) is 0 Å². The largest absolute Gasteiger partial charge is 0.372 e. The highest BCUT2D eigenvalue weighted by molar-refractivity contribution is 5.96. The average Bonchev–Trinajstić information content (AvgIpc) is 3.16. The number of nitrogens with zero attached hydrogens (tertiary/aromatic N) is 3. The molecule has 1 unspecified atom stereocenters. The monoisotopic (exact) mass is 330 g/mol. The molecule has 0 aromatic heterocycles. The minimum Gasteiger partial charge on any atom is -0.372 e. The Morgan fingerprint density at radius 3 is 2.58 bits per heavy atom. The molecule has 2 aliphatic heterocycles. The average molecular weight is 330 g/mol. The summed E-state index contributed by atoms with van der Waals surface area (Å²) in [6.45, 7) is 3.91. The molecule has 24 heavy (non-hydrogen) atoms. The van der Waals surface area contributed by atoms with Crippen LogP contribution in [0.3, 0.4) is 0 Å². The van der Waals surface area contributed by atoms with Crippen molar-refractivity contribution in [2.75, 3.05) is 51.7 Å². The van der Waals surface area contributed by atoms with Gasteiger partial charge in [0.1, 0.15) is 6.04 Å². The van der Waals surface area contributed by atoms with Gasteiger partial charge in [-0.15, -0.1) is 0 Å². The Hall–Kier alpha value is -2.08. The maximum atomic E-state index is 12.9. The second-order valence-electron chi connectivity index (χ2n) is 6.61. The third-order valence-electron chi connectivity index (χ3n) is 5.05. The van der Waals surface area contributed by atoms with Crippen LogP contribution in [0.2, 0.25) is 0 Å². The minimum absolute atomic E-state index is 0.0121. The van der Waals surface area contributed by atoms with Crippen LogP contribution in [-0.2, 0) is 4.79 Å². The summed E-state index contributed by atoms with van der Waals surface area (Å²) in [7, 11) is 3.56.